The molecule has 1 atom stereocenters. The first-order chi connectivity index (χ1) is 17.0. The van der Waals surface area contributed by atoms with Gasteiger partial charge < -0.3 is 16.1 Å². The molecular weight excluding hydrogens is 518 g/mol. The number of piperazine rings is 1. The van der Waals surface area contributed by atoms with E-state index in [1.807, 2.05) is 6.07 Å². The molecule has 10 nitrogen and oxygen atoms in total. The van der Waals surface area contributed by atoms with Crippen LogP contribution in [0.3, 0.4) is 0 Å². The molecule has 6 rings (SSSR count). The molecule has 2 bridgehead atoms. The number of hydrogen-bond acceptors (Lipinski definition) is 7. The molecule has 1 aliphatic carbocycles. The van der Waals surface area contributed by atoms with Gasteiger partial charge >= 0.3 is 0 Å². The van der Waals surface area contributed by atoms with Crippen LogP contribution >= 0.6 is 0 Å². The van der Waals surface area contributed by atoms with Gasteiger partial charge in [0, 0.05) is 54.4 Å². The molecule has 3 aliphatic rings. The highest BCUT2D eigenvalue weighted by Crippen LogP contribution is 2.36. The standard InChI is InChI=1S/C15H21N3.C10H8O6S2.H2O/c16-13-4-3-12-7-14-10-18(15(12)8-13)6-5-17(14)9-11-1-2-11;11-17(12,13)9-5-1-3-7-8(9)4-2-6-10(7)18(14,15)16;/h3-4,8,11,14H,1-2,5-7,9-10,16H2;1-6H,(H,11,12,13)(H,14,15,16);1H2. The summed E-state index contributed by atoms with van der Waals surface area (Å²) in [6, 6.07) is 14.7. The summed E-state index contributed by atoms with van der Waals surface area (Å²) in [4.78, 5) is 4.44. The Kier molecular flexibility index (Phi) is 7.52. The molecule has 0 spiro atoms. The van der Waals surface area contributed by atoms with Crippen LogP contribution in [-0.2, 0) is 26.7 Å². The van der Waals surface area contributed by atoms with E-state index < -0.39 is 30.0 Å². The maximum atomic E-state index is 11.2. The predicted molar refractivity (Wildman–Crippen MR) is 142 cm³/mol. The Balaban J connectivity index is 0.000000168. The smallest absolute Gasteiger partial charge is 0.295 e. The quantitative estimate of drug-likeness (QED) is 0.326. The molecule has 1 saturated carbocycles. The third-order valence-corrected chi connectivity index (χ3v) is 8.92. The Bertz CT molecular complexity index is 1450. The number of rotatable bonds is 4. The van der Waals surface area contributed by atoms with Crippen LogP contribution in [0.5, 0.6) is 0 Å². The number of fused-ring (bicyclic) bond motifs is 5. The van der Waals surface area contributed by atoms with Gasteiger partial charge in [-0.1, -0.05) is 30.3 Å². The second-order valence-electron chi connectivity index (χ2n) is 9.69. The molecule has 3 aromatic rings. The van der Waals surface area contributed by atoms with Gasteiger partial charge in [0.15, 0.2) is 0 Å². The van der Waals surface area contributed by atoms with Gasteiger partial charge in [-0.2, -0.15) is 16.8 Å². The number of nitrogen functional groups attached to an aromatic ring is 1. The predicted octanol–water partition coefficient (Wildman–Crippen LogP) is 2.23. The Morgan fingerprint density at radius 3 is 2.00 bits per heavy atom. The van der Waals surface area contributed by atoms with Crippen molar-refractivity contribution in [3.8, 4) is 0 Å². The average Bonchev–Trinajstić information content (AvgIpc) is 3.64. The van der Waals surface area contributed by atoms with E-state index in [2.05, 4.69) is 21.9 Å². The first-order valence-electron chi connectivity index (χ1n) is 11.8. The van der Waals surface area contributed by atoms with Gasteiger partial charge in [0.1, 0.15) is 9.79 Å². The fourth-order valence-electron chi connectivity index (χ4n) is 5.18. The van der Waals surface area contributed by atoms with Crippen LogP contribution in [0.4, 0.5) is 11.4 Å². The van der Waals surface area contributed by atoms with Gasteiger partial charge in [-0.15, -0.1) is 0 Å². The minimum Gasteiger partial charge on any atom is -0.412 e. The first kappa shape index (κ1) is 27.3. The summed E-state index contributed by atoms with van der Waals surface area (Å²) in [5, 5.41) is 0.0465. The molecule has 37 heavy (non-hydrogen) atoms. The maximum Gasteiger partial charge on any atom is 0.295 e. The molecule has 1 saturated heterocycles. The molecule has 2 aliphatic heterocycles. The van der Waals surface area contributed by atoms with Gasteiger partial charge in [-0.3, -0.25) is 14.0 Å². The fraction of sp³-hybridized carbons (Fsp3) is 0.360. The lowest BCUT2D eigenvalue weighted by Gasteiger charge is -2.47. The van der Waals surface area contributed by atoms with E-state index in [0.29, 0.717) is 0 Å². The summed E-state index contributed by atoms with van der Waals surface area (Å²) in [5.41, 5.74) is 9.69. The van der Waals surface area contributed by atoms with Gasteiger partial charge in [-0.05, 0) is 55.0 Å². The Hall–Kier alpha value is -2.74. The lowest BCUT2D eigenvalue weighted by Crippen LogP contribution is -2.57. The molecule has 200 valence electrons. The van der Waals surface area contributed by atoms with E-state index in [1.54, 1.807) is 0 Å². The van der Waals surface area contributed by atoms with Crippen molar-refractivity contribution in [3.05, 3.63) is 60.2 Å². The van der Waals surface area contributed by atoms with Crippen LogP contribution in [0.25, 0.3) is 10.8 Å². The highest BCUT2D eigenvalue weighted by atomic mass is 32.2. The van der Waals surface area contributed by atoms with Crippen LogP contribution in [-0.4, -0.2) is 68.5 Å². The zero-order valence-corrected chi connectivity index (χ0v) is 21.7. The van der Waals surface area contributed by atoms with Crippen LogP contribution < -0.4 is 10.6 Å². The summed E-state index contributed by atoms with van der Waals surface area (Å²) in [6.07, 6.45) is 4.12. The number of benzene rings is 3. The van der Waals surface area contributed by atoms with Gasteiger partial charge in [0.05, 0.1) is 0 Å². The van der Waals surface area contributed by atoms with E-state index in [0.717, 1.165) is 29.8 Å². The van der Waals surface area contributed by atoms with E-state index >= 15 is 0 Å². The summed E-state index contributed by atoms with van der Waals surface area (Å²) >= 11 is 0. The van der Waals surface area contributed by atoms with Crippen molar-refractivity contribution in [2.24, 2.45) is 5.92 Å². The summed E-state index contributed by atoms with van der Waals surface area (Å²) in [5.74, 6) is 1.00. The summed E-state index contributed by atoms with van der Waals surface area (Å²) in [6.45, 7) is 4.93. The second-order valence-corrected chi connectivity index (χ2v) is 12.5. The van der Waals surface area contributed by atoms with Crippen molar-refractivity contribution in [2.45, 2.75) is 35.1 Å². The van der Waals surface area contributed by atoms with Crippen molar-refractivity contribution in [1.82, 2.24) is 4.90 Å². The highest BCUT2D eigenvalue weighted by Gasteiger charge is 2.35. The maximum absolute atomic E-state index is 11.2. The normalized spacial score (nSPS) is 19.4. The van der Waals surface area contributed by atoms with Crippen molar-refractivity contribution in [2.75, 3.05) is 36.8 Å². The number of hydrogen-bond donors (Lipinski definition) is 3. The Labute approximate surface area is 216 Å². The average molecular weight is 550 g/mol. The lowest BCUT2D eigenvalue weighted by atomic mass is 9.94. The topological polar surface area (TPSA) is 173 Å². The first-order valence-corrected chi connectivity index (χ1v) is 14.7. The number of nitrogens with two attached hydrogens (primary N) is 1. The SMILES string of the molecule is Nc1ccc2c(c1)N1CCN(CC3CC3)C(C2)C1.O.O=S(=O)(O)c1cccc2c(S(=O)(=O)O)cccc12. The Morgan fingerprint density at radius 2 is 1.46 bits per heavy atom. The van der Waals surface area contributed by atoms with Crippen LogP contribution in [0.15, 0.2) is 64.4 Å². The van der Waals surface area contributed by atoms with Gasteiger partial charge in [0.25, 0.3) is 20.2 Å². The second kappa shape index (κ2) is 10.2. The molecule has 0 radical (unpaired) electrons. The van der Waals surface area contributed by atoms with Crippen LogP contribution in [0.2, 0.25) is 0 Å². The largest absolute Gasteiger partial charge is 0.412 e. The Morgan fingerprint density at radius 1 is 0.865 bits per heavy atom. The summed E-state index contributed by atoms with van der Waals surface area (Å²) in [7, 11) is -8.94. The van der Waals surface area contributed by atoms with E-state index in [9.17, 15) is 16.8 Å². The van der Waals surface area contributed by atoms with Crippen LogP contribution in [0, 0.1) is 5.92 Å². The zero-order chi connectivity index (χ0) is 25.7. The van der Waals surface area contributed by atoms with Gasteiger partial charge in [0.2, 0.25) is 0 Å². The molecule has 6 N–H and O–H groups in total. The zero-order valence-electron chi connectivity index (χ0n) is 20.1. The third kappa shape index (κ3) is 5.89. The fourth-order valence-corrected chi connectivity index (χ4v) is 6.59. The number of nitrogens with zero attached hydrogens (tertiary/aromatic N) is 2. The molecule has 2 fully saturated rings. The molecule has 12 heteroatoms. The van der Waals surface area contributed by atoms with Crippen LogP contribution in [0.1, 0.15) is 18.4 Å². The summed E-state index contributed by atoms with van der Waals surface area (Å²) < 4.78 is 62.7. The van der Waals surface area contributed by atoms with E-state index in [-0.39, 0.29) is 16.2 Å². The third-order valence-electron chi connectivity index (χ3n) is 7.10. The van der Waals surface area contributed by atoms with E-state index in [1.165, 1.54) is 81.0 Å². The van der Waals surface area contributed by atoms with E-state index in [4.69, 9.17) is 14.8 Å². The molecule has 0 amide bonds. The molecular formula is C25H31N3O7S2. The molecule has 2 heterocycles. The van der Waals surface area contributed by atoms with Crippen molar-refractivity contribution >= 4 is 42.4 Å². The number of anilines is 2. The minimum atomic E-state index is -4.47. The van der Waals surface area contributed by atoms with Gasteiger partial charge in [-0.25, -0.2) is 0 Å². The molecule has 3 aromatic carbocycles. The van der Waals surface area contributed by atoms with Crippen molar-refractivity contribution < 1.29 is 31.4 Å². The minimum absolute atomic E-state index is 0. The highest BCUT2D eigenvalue weighted by molar-refractivity contribution is 7.86. The van der Waals surface area contributed by atoms with Crippen molar-refractivity contribution in [1.29, 1.82) is 0 Å². The molecule has 0 aromatic heterocycles. The van der Waals surface area contributed by atoms with Crippen molar-refractivity contribution in [3.63, 3.8) is 0 Å². The monoisotopic (exact) mass is 549 g/mol. The molecule has 1 unspecified atom stereocenters. The lowest BCUT2D eigenvalue weighted by molar-refractivity contribution is 0.162.